The summed E-state index contributed by atoms with van der Waals surface area (Å²) in [5.41, 5.74) is 2.13. The van der Waals surface area contributed by atoms with Gasteiger partial charge in [-0.2, -0.15) is 0 Å². The summed E-state index contributed by atoms with van der Waals surface area (Å²) < 4.78 is 0. The van der Waals surface area contributed by atoms with Gasteiger partial charge in [0.25, 0.3) is 0 Å². The van der Waals surface area contributed by atoms with Crippen molar-refractivity contribution in [2.75, 3.05) is 11.6 Å². The molecule has 0 unspecified atom stereocenters. The van der Waals surface area contributed by atoms with Gasteiger partial charge in [-0.25, -0.2) is 5.84 Å². The molecule has 0 radical (unpaired) electrons. The number of nitrogens with zero attached hydrogens (tertiary/aromatic N) is 2. The van der Waals surface area contributed by atoms with Gasteiger partial charge < -0.3 is 5.01 Å². The topological polar surface area (TPSA) is 42.1 Å². The van der Waals surface area contributed by atoms with Gasteiger partial charge in [0.2, 0.25) is 0 Å². The molecule has 0 spiro atoms. The summed E-state index contributed by atoms with van der Waals surface area (Å²) >= 11 is 5.82. The van der Waals surface area contributed by atoms with Crippen LogP contribution in [0.4, 0.5) is 5.69 Å². The number of aromatic nitrogens is 1. The number of anilines is 1. The summed E-state index contributed by atoms with van der Waals surface area (Å²) in [4.78, 5) is 4.07. The highest BCUT2D eigenvalue weighted by Crippen LogP contribution is 2.15. The van der Waals surface area contributed by atoms with Crippen LogP contribution >= 0.6 is 11.6 Å². The summed E-state index contributed by atoms with van der Waals surface area (Å²) in [5, 5.41) is 2.43. The van der Waals surface area contributed by atoms with Crippen LogP contribution in [0.5, 0.6) is 0 Å². The first-order chi connectivity index (χ1) is 8.25. The van der Waals surface area contributed by atoms with E-state index >= 15 is 0 Å². The largest absolute Gasteiger partial charge is 0.311 e. The minimum Gasteiger partial charge on any atom is -0.311 e. The fraction of sp³-hybridized carbons (Fsp3) is 0.154. The van der Waals surface area contributed by atoms with E-state index in [2.05, 4.69) is 4.98 Å². The summed E-state index contributed by atoms with van der Waals surface area (Å²) in [5.74, 6) is 5.96. The second-order valence-corrected chi connectivity index (χ2v) is 4.22. The third-order valence-electron chi connectivity index (χ3n) is 2.52. The van der Waals surface area contributed by atoms with E-state index in [1.54, 1.807) is 11.2 Å². The molecule has 0 aliphatic rings. The molecule has 0 saturated heterocycles. The fourth-order valence-corrected chi connectivity index (χ4v) is 1.68. The van der Waals surface area contributed by atoms with Gasteiger partial charge >= 0.3 is 0 Å². The SMILES string of the molecule is NN(CCc1cccnc1)c1ccc(Cl)cc1. The molecular formula is C13H14ClN3. The Morgan fingerprint density at radius 2 is 1.94 bits per heavy atom. The molecule has 1 heterocycles. The zero-order chi connectivity index (χ0) is 12.1. The molecule has 0 aliphatic heterocycles. The van der Waals surface area contributed by atoms with Crippen molar-refractivity contribution in [3.8, 4) is 0 Å². The van der Waals surface area contributed by atoms with Gasteiger partial charge in [-0.15, -0.1) is 0 Å². The first-order valence-electron chi connectivity index (χ1n) is 5.42. The molecular weight excluding hydrogens is 234 g/mol. The molecule has 0 bridgehead atoms. The summed E-state index contributed by atoms with van der Waals surface area (Å²) in [6, 6.07) is 11.5. The monoisotopic (exact) mass is 247 g/mol. The number of hydrogen-bond donors (Lipinski definition) is 1. The molecule has 1 aromatic heterocycles. The minimum atomic E-state index is 0.717. The van der Waals surface area contributed by atoms with Gasteiger partial charge in [-0.1, -0.05) is 17.7 Å². The lowest BCUT2D eigenvalue weighted by Gasteiger charge is -2.18. The maximum atomic E-state index is 5.96. The molecule has 2 N–H and O–H groups in total. The third kappa shape index (κ3) is 3.44. The highest BCUT2D eigenvalue weighted by Gasteiger charge is 2.01. The van der Waals surface area contributed by atoms with Crippen LogP contribution in [-0.4, -0.2) is 11.5 Å². The molecule has 3 nitrogen and oxygen atoms in total. The van der Waals surface area contributed by atoms with Crippen molar-refractivity contribution in [2.45, 2.75) is 6.42 Å². The summed E-state index contributed by atoms with van der Waals surface area (Å²) in [6.45, 7) is 0.743. The Bertz CT molecular complexity index is 456. The van der Waals surface area contributed by atoms with E-state index in [-0.39, 0.29) is 0 Å². The van der Waals surface area contributed by atoms with Gasteiger partial charge in [0.15, 0.2) is 0 Å². The fourth-order valence-electron chi connectivity index (χ4n) is 1.56. The first kappa shape index (κ1) is 11.9. The Kier molecular flexibility index (Phi) is 3.96. The van der Waals surface area contributed by atoms with Crippen molar-refractivity contribution >= 4 is 17.3 Å². The normalized spacial score (nSPS) is 10.2. The number of pyridine rings is 1. The van der Waals surface area contributed by atoms with Crippen molar-refractivity contribution < 1.29 is 0 Å². The van der Waals surface area contributed by atoms with Crippen LogP contribution in [0.3, 0.4) is 0 Å². The molecule has 0 amide bonds. The number of hydrogen-bond acceptors (Lipinski definition) is 3. The van der Waals surface area contributed by atoms with E-state index in [9.17, 15) is 0 Å². The lowest BCUT2D eigenvalue weighted by Crippen LogP contribution is -2.32. The van der Waals surface area contributed by atoms with Crippen molar-refractivity contribution in [3.05, 3.63) is 59.4 Å². The average Bonchev–Trinajstić information content (AvgIpc) is 2.38. The van der Waals surface area contributed by atoms with Crippen LogP contribution in [0.15, 0.2) is 48.8 Å². The van der Waals surface area contributed by atoms with Gasteiger partial charge in [0.1, 0.15) is 0 Å². The number of rotatable bonds is 4. The molecule has 0 saturated carbocycles. The average molecular weight is 248 g/mol. The van der Waals surface area contributed by atoms with E-state index in [0.717, 1.165) is 23.7 Å². The molecule has 0 atom stereocenters. The van der Waals surface area contributed by atoms with Gasteiger partial charge in [-0.3, -0.25) is 4.98 Å². The van der Waals surface area contributed by atoms with E-state index in [0.29, 0.717) is 0 Å². The van der Waals surface area contributed by atoms with Crippen molar-refractivity contribution in [1.29, 1.82) is 0 Å². The number of hydrazine groups is 1. The zero-order valence-corrected chi connectivity index (χ0v) is 10.1. The highest BCUT2D eigenvalue weighted by molar-refractivity contribution is 6.30. The Balaban J connectivity index is 1.93. The highest BCUT2D eigenvalue weighted by atomic mass is 35.5. The Labute approximate surface area is 106 Å². The summed E-state index contributed by atoms with van der Waals surface area (Å²) in [6.07, 6.45) is 4.49. The smallest absolute Gasteiger partial charge is 0.0518 e. The van der Waals surface area contributed by atoms with Crippen molar-refractivity contribution in [3.63, 3.8) is 0 Å². The second kappa shape index (κ2) is 5.66. The molecule has 88 valence electrons. The quantitative estimate of drug-likeness (QED) is 0.667. The van der Waals surface area contributed by atoms with Crippen LogP contribution in [0, 0.1) is 0 Å². The standard InChI is InChI=1S/C13H14ClN3/c14-12-3-5-13(6-4-12)17(15)9-7-11-2-1-8-16-10-11/h1-6,8,10H,7,9,15H2. The lowest BCUT2D eigenvalue weighted by molar-refractivity contribution is 0.821. The molecule has 2 aromatic rings. The third-order valence-corrected chi connectivity index (χ3v) is 2.77. The molecule has 1 aromatic carbocycles. The van der Waals surface area contributed by atoms with Crippen molar-refractivity contribution in [2.24, 2.45) is 5.84 Å². The maximum Gasteiger partial charge on any atom is 0.0518 e. The minimum absolute atomic E-state index is 0.717. The van der Waals surface area contributed by atoms with E-state index in [4.69, 9.17) is 17.4 Å². The van der Waals surface area contributed by atoms with Crippen molar-refractivity contribution in [1.82, 2.24) is 4.98 Å². The predicted molar refractivity (Wildman–Crippen MR) is 70.9 cm³/mol. The second-order valence-electron chi connectivity index (χ2n) is 3.78. The van der Waals surface area contributed by atoms with Gasteiger partial charge in [0, 0.05) is 24.0 Å². The van der Waals surface area contributed by atoms with E-state index in [1.807, 2.05) is 42.6 Å². The van der Waals surface area contributed by atoms with Crippen LogP contribution in [0.2, 0.25) is 5.02 Å². The first-order valence-corrected chi connectivity index (χ1v) is 5.80. The molecule has 2 rings (SSSR count). The molecule has 4 heteroatoms. The Hall–Kier alpha value is -1.58. The van der Waals surface area contributed by atoms with Crippen LogP contribution in [-0.2, 0) is 6.42 Å². The van der Waals surface area contributed by atoms with Crippen LogP contribution in [0.25, 0.3) is 0 Å². The van der Waals surface area contributed by atoms with Gasteiger partial charge in [-0.05, 0) is 42.3 Å². The van der Waals surface area contributed by atoms with Gasteiger partial charge in [0.05, 0.1) is 5.69 Å². The summed E-state index contributed by atoms with van der Waals surface area (Å²) in [7, 11) is 0. The molecule has 17 heavy (non-hydrogen) atoms. The van der Waals surface area contributed by atoms with Crippen LogP contribution < -0.4 is 10.9 Å². The van der Waals surface area contributed by atoms with Crippen LogP contribution in [0.1, 0.15) is 5.56 Å². The number of benzene rings is 1. The lowest BCUT2D eigenvalue weighted by atomic mass is 10.2. The maximum absolute atomic E-state index is 5.96. The number of nitrogens with two attached hydrogens (primary N) is 1. The zero-order valence-electron chi connectivity index (χ0n) is 9.38. The van der Waals surface area contributed by atoms with E-state index < -0.39 is 0 Å². The predicted octanol–water partition coefficient (Wildman–Crippen LogP) is 2.66. The molecule has 0 fully saturated rings. The van der Waals surface area contributed by atoms with E-state index in [1.165, 1.54) is 5.56 Å². The molecule has 0 aliphatic carbocycles. The number of halogens is 1. The Morgan fingerprint density at radius 1 is 1.18 bits per heavy atom. The Morgan fingerprint density at radius 3 is 2.59 bits per heavy atom.